The molecule has 13 heteroatoms. The van der Waals surface area contributed by atoms with Crippen molar-refractivity contribution in [2.24, 2.45) is 23.7 Å². The lowest BCUT2D eigenvalue weighted by Gasteiger charge is -2.34. The summed E-state index contributed by atoms with van der Waals surface area (Å²) < 4.78 is 4.77. The zero-order chi connectivity index (χ0) is 38.4. The van der Waals surface area contributed by atoms with Crippen LogP contribution in [0.15, 0.2) is 28.9 Å². The zero-order valence-corrected chi connectivity index (χ0v) is 33.5. The maximum absolute atomic E-state index is 13.8. The molecule has 0 radical (unpaired) electrons. The third-order valence-electron chi connectivity index (χ3n) is 11.5. The number of imidazole rings is 1. The van der Waals surface area contributed by atoms with E-state index in [0.29, 0.717) is 32.5 Å². The molecule has 2 fully saturated rings. The minimum atomic E-state index is -0.676. The Balaban J connectivity index is 1.20. The largest absolute Gasteiger partial charge is 0.453 e. The summed E-state index contributed by atoms with van der Waals surface area (Å²) in [6.07, 6.45) is 13.4. The van der Waals surface area contributed by atoms with Gasteiger partial charge in [0.2, 0.25) is 17.7 Å². The first-order valence-corrected chi connectivity index (χ1v) is 20.1. The lowest BCUT2D eigenvalue weighted by atomic mass is 9.79. The Morgan fingerprint density at radius 3 is 2.30 bits per heavy atom. The number of hydrogen-bond donors (Lipinski definition) is 3. The Morgan fingerprint density at radius 2 is 1.66 bits per heavy atom. The van der Waals surface area contributed by atoms with Crippen LogP contribution >= 0.6 is 9.24 Å². The molecular formula is C40H59N6O6P. The number of likely N-dealkylation sites (tertiary alicyclic amines) is 2. The summed E-state index contributed by atoms with van der Waals surface area (Å²) in [5.74, 6) is 0.202. The molecule has 6 atom stereocenters. The Bertz CT molecular complexity index is 1640. The number of aryl methyl sites for hydroxylation is 1. The predicted molar refractivity (Wildman–Crippen MR) is 207 cm³/mol. The fourth-order valence-corrected chi connectivity index (χ4v) is 8.88. The molecule has 0 bridgehead atoms. The molecule has 2 saturated heterocycles. The quantitative estimate of drug-likeness (QED) is 0.209. The van der Waals surface area contributed by atoms with E-state index in [2.05, 4.69) is 43.1 Å². The summed E-state index contributed by atoms with van der Waals surface area (Å²) in [7, 11) is 3.53. The van der Waals surface area contributed by atoms with Crippen LogP contribution < -0.4 is 10.6 Å². The summed E-state index contributed by atoms with van der Waals surface area (Å²) in [6, 6.07) is -1.33. The molecule has 3 N–H and O–H groups in total. The van der Waals surface area contributed by atoms with Gasteiger partial charge in [-0.25, -0.2) is 9.78 Å². The van der Waals surface area contributed by atoms with Crippen molar-refractivity contribution < 1.29 is 28.7 Å². The minimum absolute atomic E-state index is 0.00471. The van der Waals surface area contributed by atoms with Crippen molar-refractivity contribution in [1.29, 1.82) is 0 Å². The average Bonchev–Trinajstić information content (AvgIpc) is 3.91. The molecule has 0 aromatic carbocycles. The summed E-state index contributed by atoms with van der Waals surface area (Å²) in [5.41, 5.74) is 5.67. The second-order valence-electron chi connectivity index (χ2n) is 15.7. The zero-order valence-electron chi connectivity index (χ0n) is 32.3. The summed E-state index contributed by atoms with van der Waals surface area (Å²) >= 11 is 0. The number of methoxy groups -OCH3 is 1. The highest BCUT2D eigenvalue weighted by atomic mass is 31.0. The van der Waals surface area contributed by atoms with E-state index in [1.54, 1.807) is 4.90 Å². The highest BCUT2D eigenvalue weighted by molar-refractivity contribution is 7.40. The van der Waals surface area contributed by atoms with Crippen molar-refractivity contribution in [3.63, 3.8) is 0 Å². The number of carbonyl (C=O) groups is 5. The lowest BCUT2D eigenvalue weighted by molar-refractivity contribution is -0.144. The van der Waals surface area contributed by atoms with Crippen LogP contribution in [0.25, 0.3) is 6.08 Å². The first kappa shape index (κ1) is 40.4. The topological polar surface area (TPSA) is 154 Å². The molecule has 4 amide bonds. The number of H-pyrrole nitrogens is 1. The molecule has 3 heterocycles. The van der Waals surface area contributed by atoms with Gasteiger partial charge in [0.05, 0.1) is 18.8 Å². The van der Waals surface area contributed by atoms with Gasteiger partial charge in [0.25, 0.3) is 0 Å². The molecule has 2 aliphatic heterocycles. The van der Waals surface area contributed by atoms with Crippen molar-refractivity contribution in [1.82, 2.24) is 30.4 Å². The number of ether oxygens (including phenoxy) is 1. The van der Waals surface area contributed by atoms with Crippen LogP contribution in [0, 0.1) is 23.7 Å². The van der Waals surface area contributed by atoms with Gasteiger partial charge in [-0.2, -0.15) is 0 Å². The molecule has 1 aromatic heterocycles. The standard InChI is InChI=1S/C40H59N6O6P/c1-7-26(21-33(47)53)34(23(2)3)38(49)46-19-9-11-32(46)37(48)41-22-25-12-14-27(15-13-25)28-16-17-29-30(20-28)43-36(42-29)31-10-8-18-45(31)39(50)35(24(4)5)44-40(51)52-6/h12,14,20,23-24,26,31-32,34-35H,7-11,13,15-19,21-22,53H2,1-6H3,(H,41,48)(H,42,43)(H,44,51). The number of hydrogen-bond acceptors (Lipinski definition) is 7. The highest BCUT2D eigenvalue weighted by Crippen LogP contribution is 2.37. The maximum Gasteiger partial charge on any atom is 0.407 e. The number of amides is 4. The van der Waals surface area contributed by atoms with E-state index >= 15 is 0 Å². The van der Waals surface area contributed by atoms with Crippen molar-refractivity contribution in [3.8, 4) is 0 Å². The molecule has 4 aliphatic rings. The van der Waals surface area contributed by atoms with Crippen LogP contribution in [0.2, 0.25) is 0 Å². The monoisotopic (exact) mass is 750 g/mol. The van der Waals surface area contributed by atoms with Crippen LogP contribution in [-0.4, -0.2) is 87.9 Å². The molecule has 53 heavy (non-hydrogen) atoms. The molecule has 0 spiro atoms. The van der Waals surface area contributed by atoms with Gasteiger partial charge in [-0.05, 0) is 86.3 Å². The number of aromatic amines is 1. The average molecular weight is 751 g/mol. The predicted octanol–water partition coefficient (Wildman–Crippen LogP) is 5.63. The van der Waals surface area contributed by atoms with E-state index in [9.17, 15) is 24.0 Å². The Labute approximate surface area is 316 Å². The van der Waals surface area contributed by atoms with Crippen LogP contribution in [0.1, 0.15) is 116 Å². The van der Waals surface area contributed by atoms with Gasteiger partial charge in [0.15, 0.2) is 0 Å². The number of rotatable bonds is 14. The second kappa shape index (κ2) is 18.0. The van der Waals surface area contributed by atoms with E-state index < -0.39 is 18.2 Å². The van der Waals surface area contributed by atoms with Gasteiger partial charge in [-0.15, -0.1) is 0 Å². The normalized spacial score (nSPS) is 21.7. The smallest absolute Gasteiger partial charge is 0.407 e. The number of alkyl carbamates (subject to hydrolysis) is 1. The van der Waals surface area contributed by atoms with Gasteiger partial charge in [-0.1, -0.05) is 68.0 Å². The summed E-state index contributed by atoms with van der Waals surface area (Å²) in [5, 5.41) is 5.83. The van der Waals surface area contributed by atoms with Crippen molar-refractivity contribution in [3.05, 3.63) is 46.1 Å². The molecule has 2 aliphatic carbocycles. The Kier molecular flexibility index (Phi) is 13.7. The van der Waals surface area contributed by atoms with E-state index in [0.717, 1.165) is 74.2 Å². The van der Waals surface area contributed by atoms with Crippen LogP contribution in [0.3, 0.4) is 0 Å². The van der Waals surface area contributed by atoms with Gasteiger partial charge in [0, 0.05) is 37.7 Å². The fourth-order valence-electron chi connectivity index (χ4n) is 8.58. The Hall–Kier alpha value is -3.79. The highest BCUT2D eigenvalue weighted by Gasteiger charge is 2.41. The third kappa shape index (κ3) is 9.48. The minimum Gasteiger partial charge on any atom is -0.453 e. The van der Waals surface area contributed by atoms with Gasteiger partial charge >= 0.3 is 6.09 Å². The molecular weight excluding hydrogens is 691 g/mol. The number of nitrogens with zero attached hydrogens (tertiary/aromatic N) is 3. The fraction of sp³-hybridized carbons (Fsp3) is 0.650. The van der Waals surface area contributed by atoms with E-state index in [1.807, 2.05) is 39.5 Å². The number of nitrogens with one attached hydrogen (secondary N) is 3. The first-order chi connectivity index (χ1) is 25.3. The number of aromatic nitrogens is 2. The van der Waals surface area contributed by atoms with Gasteiger partial charge in [-0.3, -0.25) is 19.2 Å². The van der Waals surface area contributed by atoms with Crippen molar-refractivity contribution >= 4 is 44.7 Å². The van der Waals surface area contributed by atoms with Crippen LogP contribution in [0.4, 0.5) is 4.79 Å². The number of fused-ring (bicyclic) bond motifs is 1. The van der Waals surface area contributed by atoms with E-state index in [1.165, 1.54) is 18.3 Å². The second-order valence-corrected chi connectivity index (χ2v) is 16.4. The lowest BCUT2D eigenvalue weighted by Crippen LogP contribution is -2.51. The van der Waals surface area contributed by atoms with Crippen molar-refractivity contribution in [2.75, 3.05) is 26.7 Å². The number of allylic oxidation sites excluding steroid dienone is 4. The summed E-state index contributed by atoms with van der Waals surface area (Å²) in [4.78, 5) is 76.9. The molecule has 0 saturated carbocycles. The third-order valence-corrected chi connectivity index (χ3v) is 11.7. The van der Waals surface area contributed by atoms with Crippen LogP contribution in [0.5, 0.6) is 0 Å². The van der Waals surface area contributed by atoms with E-state index in [4.69, 9.17) is 9.72 Å². The molecule has 6 unspecified atom stereocenters. The van der Waals surface area contributed by atoms with Crippen molar-refractivity contribution in [2.45, 2.75) is 117 Å². The molecule has 290 valence electrons. The SMILES string of the molecule is CCC(CC(=O)P)C(C(=O)N1CCCC1C(=O)NCC1=CC=C(C2=Cc3nc(C4CCCN4C(=O)C(NC(=O)OC)C(C)C)[nH]c3CC2)CC1)C(C)C. The van der Waals surface area contributed by atoms with Gasteiger partial charge < -0.3 is 30.2 Å². The van der Waals surface area contributed by atoms with E-state index in [-0.39, 0.29) is 53.0 Å². The maximum atomic E-state index is 13.8. The molecule has 12 nitrogen and oxygen atoms in total. The molecule has 5 rings (SSSR count). The van der Waals surface area contributed by atoms with Gasteiger partial charge in [0.1, 0.15) is 23.4 Å². The van der Waals surface area contributed by atoms with Crippen LogP contribution in [-0.2, 0) is 30.3 Å². The summed E-state index contributed by atoms with van der Waals surface area (Å²) in [6.45, 7) is 11.5. The Morgan fingerprint density at radius 1 is 0.943 bits per heavy atom. The first-order valence-electron chi connectivity index (χ1n) is 19.5. The molecule has 1 aromatic rings. The number of carbonyl (C=O) groups excluding carboxylic acids is 5.